The smallest absolute Gasteiger partial charge is 0.309 e. The van der Waals surface area contributed by atoms with Crippen molar-refractivity contribution in [2.24, 2.45) is 5.41 Å². The lowest BCUT2D eigenvalue weighted by Crippen LogP contribution is -2.33. The highest BCUT2D eigenvalue weighted by Crippen LogP contribution is 2.19. The molecule has 2 N–H and O–H groups in total. The summed E-state index contributed by atoms with van der Waals surface area (Å²) in [4.78, 5) is 22.9. The molecular weight excluding hydrogens is 270 g/mol. The maximum absolute atomic E-state index is 11.9. The van der Waals surface area contributed by atoms with Crippen LogP contribution in [-0.4, -0.2) is 33.3 Å². The van der Waals surface area contributed by atoms with E-state index >= 15 is 0 Å². The van der Waals surface area contributed by atoms with Crippen LogP contribution in [0.1, 0.15) is 20.3 Å². The van der Waals surface area contributed by atoms with Gasteiger partial charge in [0, 0.05) is 11.9 Å². The van der Waals surface area contributed by atoms with E-state index in [1.54, 1.807) is 24.7 Å². The molecular formula is C15H19N3O3. The second kappa shape index (κ2) is 5.95. The van der Waals surface area contributed by atoms with Gasteiger partial charge >= 0.3 is 5.97 Å². The van der Waals surface area contributed by atoms with Crippen molar-refractivity contribution >= 4 is 22.8 Å². The predicted molar refractivity (Wildman–Crippen MR) is 78.8 cm³/mol. The van der Waals surface area contributed by atoms with Crippen molar-refractivity contribution in [3.8, 4) is 0 Å². The van der Waals surface area contributed by atoms with Crippen LogP contribution in [0.4, 0.5) is 0 Å². The lowest BCUT2D eigenvalue weighted by Gasteiger charge is -2.18. The molecule has 2 rings (SSSR count). The SMILES string of the molecule is CC(C)(CCNC(=O)Cn1ncc2ccccc21)C(=O)O. The van der Waals surface area contributed by atoms with E-state index in [-0.39, 0.29) is 12.5 Å². The highest BCUT2D eigenvalue weighted by Gasteiger charge is 2.26. The van der Waals surface area contributed by atoms with Crippen LogP contribution in [0, 0.1) is 5.41 Å². The number of carbonyl (C=O) groups is 2. The number of benzene rings is 1. The number of carboxylic acids is 1. The third-order valence-electron chi connectivity index (χ3n) is 3.50. The van der Waals surface area contributed by atoms with Crippen LogP contribution in [0.3, 0.4) is 0 Å². The van der Waals surface area contributed by atoms with Gasteiger partial charge in [-0.15, -0.1) is 0 Å². The van der Waals surface area contributed by atoms with Crippen LogP contribution < -0.4 is 5.32 Å². The van der Waals surface area contributed by atoms with Crippen molar-refractivity contribution in [1.82, 2.24) is 15.1 Å². The van der Waals surface area contributed by atoms with Gasteiger partial charge in [-0.05, 0) is 26.3 Å². The number of amides is 1. The minimum atomic E-state index is -0.866. The average molecular weight is 289 g/mol. The Bertz CT molecular complexity index is 661. The van der Waals surface area contributed by atoms with E-state index in [9.17, 15) is 9.59 Å². The fourth-order valence-corrected chi connectivity index (χ4v) is 1.97. The fourth-order valence-electron chi connectivity index (χ4n) is 1.97. The predicted octanol–water partition coefficient (Wildman–Crippen LogP) is 1.65. The van der Waals surface area contributed by atoms with Crippen molar-refractivity contribution in [1.29, 1.82) is 0 Å². The lowest BCUT2D eigenvalue weighted by atomic mass is 9.90. The third-order valence-corrected chi connectivity index (χ3v) is 3.50. The van der Waals surface area contributed by atoms with E-state index < -0.39 is 11.4 Å². The summed E-state index contributed by atoms with van der Waals surface area (Å²) in [5, 5.41) is 16.9. The Labute approximate surface area is 122 Å². The molecule has 0 unspecified atom stereocenters. The second-order valence-electron chi connectivity index (χ2n) is 5.65. The quantitative estimate of drug-likeness (QED) is 0.847. The standard InChI is InChI=1S/C15H19N3O3/c1-15(2,14(20)21)7-8-16-13(19)10-18-12-6-4-3-5-11(12)9-17-18/h3-6,9H,7-8,10H2,1-2H3,(H,16,19)(H,20,21). The van der Waals surface area contributed by atoms with E-state index in [0.717, 1.165) is 10.9 Å². The van der Waals surface area contributed by atoms with Gasteiger partial charge in [-0.3, -0.25) is 14.3 Å². The zero-order chi connectivity index (χ0) is 15.5. The summed E-state index contributed by atoms with van der Waals surface area (Å²) in [5.74, 6) is -1.04. The first-order valence-electron chi connectivity index (χ1n) is 6.81. The molecule has 0 aliphatic rings. The molecule has 1 aromatic heterocycles. The lowest BCUT2D eigenvalue weighted by molar-refractivity contribution is -0.147. The van der Waals surface area contributed by atoms with Crippen molar-refractivity contribution in [3.05, 3.63) is 30.5 Å². The number of carboxylic acid groups (broad SMARTS) is 1. The molecule has 0 saturated carbocycles. The molecule has 6 nitrogen and oxygen atoms in total. The Kier molecular flexibility index (Phi) is 4.26. The molecule has 0 aliphatic heterocycles. The Balaban J connectivity index is 1.89. The van der Waals surface area contributed by atoms with Crippen LogP contribution in [0.15, 0.2) is 30.5 Å². The van der Waals surface area contributed by atoms with Gasteiger partial charge in [-0.25, -0.2) is 0 Å². The maximum Gasteiger partial charge on any atom is 0.309 e. The number of nitrogens with zero attached hydrogens (tertiary/aromatic N) is 2. The third kappa shape index (κ3) is 3.59. The zero-order valence-electron chi connectivity index (χ0n) is 12.2. The summed E-state index contributed by atoms with van der Waals surface area (Å²) >= 11 is 0. The fraction of sp³-hybridized carbons (Fsp3) is 0.400. The van der Waals surface area contributed by atoms with Gasteiger partial charge in [0.15, 0.2) is 0 Å². The van der Waals surface area contributed by atoms with Crippen molar-refractivity contribution in [2.75, 3.05) is 6.54 Å². The van der Waals surface area contributed by atoms with E-state index in [4.69, 9.17) is 5.11 Å². The normalized spacial score (nSPS) is 11.5. The molecule has 21 heavy (non-hydrogen) atoms. The molecule has 0 radical (unpaired) electrons. The number of hydrogen-bond donors (Lipinski definition) is 2. The van der Waals surface area contributed by atoms with E-state index in [0.29, 0.717) is 13.0 Å². The molecule has 1 aromatic carbocycles. The van der Waals surface area contributed by atoms with Crippen LogP contribution >= 0.6 is 0 Å². The molecule has 6 heteroatoms. The first-order valence-corrected chi connectivity index (χ1v) is 6.81. The minimum Gasteiger partial charge on any atom is -0.481 e. The van der Waals surface area contributed by atoms with Crippen LogP contribution in [0.5, 0.6) is 0 Å². The van der Waals surface area contributed by atoms with Gasteiger partial charge < -0.3 is 10.4 Å². The summed E-state index contributed by atoms with van der Waals surface area (Å²) in [6.07, 6.45) is 2.10. The van der Waals surface area contributed by atoms with Crippen molar-refractivity contribution < 1.29 is 14.7 Å². The van der Waals surface area contributed by atoms with Gasteiger partial charge in [0.1, 0.15) is 6.54 Å². The molecule has 1 heterocycles. The second-order valence-corrected chi connectivity index (χ2v) is 5.65. The molecule has 0 fully saturated rings. The molecule has 1 amide bonds. The molecule has 0 bridgehead atoms. The summed E-state index contributed by atoms with van der Waals surface area (Å²) < 4.78 is 1.63. The largest absolute Gasteiger partial charge is 0.481 e. The van der Waals surface area contributed by atoms with Gasteiger partial charge in [0.25, 0.3) is 0 Å². The number of rotatable bonds is 6. The number of hydrogen-bond acceptors (Lipinski definition) is 3. The highest BCUT2D eigenvalue weighted by molar-refractivity contribution is 5.82. The number of para-hydroxylation sites is 1. The topological polar surface area (TPSA) is 84.2 Å². The van der Waals surface area contributed by atoms with Crippen LogP contribution in [0.2, 0.25) is 0 Å². The Morgan fingerprint density at radius 1 is 1.33 bits per heavy atom. The molecule has 2 aromatic rings. The van der Waals surface area contributed by atoms with Crippen molar-refractivity contribution in [2.45, 2.75) is 26.8 Å². The number of nitrogens with one attached hydrogen (secondary N) is 1. The van der Waals surface area contributed by atoms with Crippen molar-refractivity contribution in [3.63, 3.8) is 0 Å². The minimum absolute atomic E-state index is 0.126. The molecule has 112 valence electrons. The van der Waals surface area contributed by atoms with E-state index in [1.807, 2.05) is 24.3 Å². The highest BCUT2D eigenvalue weighted by atomic mass is 16.4. The number of carbonyl (C=O) groups excluding carboxylic acids is 1. The monoisotopic (exact) mass is 289 g/mol. The summed E-state index contributed by atoms with van der Waals surface area (Å²) in [6.45, 7) is 3.74. The molecule has 0 saturated heterocycles. The van der Waals surface area contributed by atoms with Crippen LogP contribution in [-0.2, 0) is 16.1 Å². The molecule has 0 aliphatic carbocycles. The molecule has 0 atom stereocenters. The zero-order valence-corrected chi connectivity index (χ0v) is 12.2. The molecule has 0 spiro atoms. The maximum atomic E-state index is 11.9. The van der Waals surface area contributed by atoms with E-state index in [2.05, 4.69) is 10.4 Å². The first-order chi connectivity index (χ1) is 9.90. The Hall–Kier alpha value is -2.37. The average Bonchev–Trinajstić information content (AvgIpc) is 2.82. The summed E-state index contributed by atoms with van der Waals surface area (Å²) in [7, 11) is 0. The van der Waals surface area contributed by atoms with Gasteiger partial charge in [0.2, 0.25) is 5.91 Å². The Morgan fingerprint density at radius 2 is 2.05 bits per heavy atom. The number of aromatic nitrogens is 2. The first kappa shape index (κ1) is 15.0. The van der Waals surface area contributed by atoms with Gasteiger partial charge in [-0.2, -0.15) is 5.10 Å². The Morgan fingerprint density at radius 3 is 2.76 bits per heavy atom. The van der Waals surface area contributed by atoms with Gasteiger partial charge in [0.05, 0.1) is 17.1 Å². The summed E-state index contributed by atoms with van der Waals surface area (Å²) in [5.41, 5.74) is 0.0598. The van der Waals surface area contributed by atoms with Gasteiger partial charge in [-0.1, -0.05) is 18.2 Å². The van der Waals surface area contributed by atoms with Crippen LogP contribution in [0.25, 0.3) is 10.9 Å². The summed E-state index contributed by atoms with van der Waals surface area (Å²) in [6, 6.07) is 7.66. The van der Waals surface area contributed by atoms with E-state index in [1.165, 1.54) is 0 Å². The number of fused-ring (bicyclic) bond motifs is 1. The number of aliphatic carboxylic acids is 1.